The Hall–Kier alpha value is -2.58. The third-order valence-corrected chi connectivity index (χ3v) is 6.43. The van der Waals surface area contributed by atoms with Crippen molar-refractivity contribution in [1.29, 1.82) is 0 Å². The Kier molecular flexibility index (Phi) is 5.23. The molecule has 1 fully saturated rings. The molecule has 0 radical (unpaired) electrons. The second-order valence-electron chi connectivity index (χ2n) is 6.41. The van der Waals surface area contributed by atoms with Gasteiger partial charge in [-0.15, -0.1) is 16.1 Å². The van der Waals surface area contributed by atoms with E-state index in [-0.39, 0.29) is 5.56 Å². The fourth-order valence-electron chi connectivity index (χ4n) is 3.20. The number of nitrogens with zero attached hydrogens (tertiary/aromatic N) is 7. The summed E-state index contributed by atoms with van der Waals surface area (Å²) < 4.78 is 4.04. The maximum atomic E-state index is 13.1. The van der Waals surface area contributed by atoms with E-state index in [1.807, 2.05) is 4.57 Å². The summed E-state index contributed by atoms with van der Waals surface area (Å²) in [5.74, 6) is 6.73. The molecule has 1 aliphatic rings. The van der Waals surface area contributed by atoms with Gasteiger partial charge in [-0.2, -0.15) is 4.98 Å². The second-order valence-corrected chi connectivity index (χ2v) is 8.63. The zero-order valence-electron chi connectivity index (χ0n) is 15.7. The number of anilines is 2. The Labute approximate surface area is 170 Å². The number of nitrogen functional groups attached to an aromatic ring is 1. The Morgan fingerprint density at radius 1 is 1.21 bits per heavy atom. The zero-order valence-corrected chi connectivity index (χ0v) is 17.3. The molecule has 28 heavy (non-hydrogen) atoms. The molecule has 146 valence electrons. The van der Waals surface area contributed by atoms with E-state index in [4.69, 9.17) is 10.7 Å². The van der Waals surface area contributed by atoms with Crippen molar-refractivity contribution >= 4 is 45.3 Å². The van der Waals surface area contributed by atoms with Crippen molar-refractivity contribution < 1.29 is 0 Å². The predicted molar refractivity (Wildman–Crippen MR) is 111 cm³/mol. The molecular formula is C17H20N8OS2. The summed E-state index contributed by atoms with van der Waals surface area (Å²) in [4.78, 5) is 24.7. The molecule has 3 aromatic heterocycles. The predicted octanol–water partition coefficient (Wildman–Crippen LogP) is 1.73. The summed E-state index contributed by atoms with van der Waals surface area (Å²) in [5, 5.41) is 8.69. The van der Waals surface area contributed by atoms with E-state index in [9.17, 15) is 4.79 Å². The van der Waals surface area contributed by atoms with Crippen LogP contribution in [0.15, 0.2) is 14.3 Å². The molecule has 2 N–H and O–H groups in total. The van der Waals surface area contributed by atoms with Gasteiger partial charge in [0.15, 0.2) is 20.7 Å². The summed E-state index contributed by atoms with van der Waals surface area (Å²) in [6.45, 7) is 4.05. The number of fused-ring (bicyclic) bond motifs is 1. The Morgan fingerprint density at radius 2 is 2.00 bits per heavy atom. The van der Waals surface area contributed by atoms with Crippen LogP contribution in [0, 0.1) is 11.8 Å². The van der Waals surface area contributed by atoms with Crippen LogP contribution in [0.2, 0.25) is 0 Å². The lowest BCUT2D eigenvalue weighted by Gasteiger charge is -2.27. The minimum atomic E-state index is -0.154. The van der Waals surface area contributed by atoms with Crippen molar-refractivity contribution in [2.24, 2.45) is 7.05 Å². The second kappa shape index (κ2) is 7.81. The number of aromatic nitrogens is 6. The number of rotatable bonds is 4. The van der Waals surface area contributed by atoms with E-state index < -0.39 is 0 Å². The molecule has 11 heteroatoms. The first-order chi connectivity index (χ1) is 13.6. The maximum Gasteiger partial charge on any atom is 0.280 e. The van der Waals surface area contributed by atoms with Crippen molar-refractivity contribution in [3.05, 3.63) is 10.4 Å². The molecule has 4 rings (SSSR count). The van der Waals surface area contributed by atoms with Crippen molar-refractivity contribution in [3.8, 4) is 11.8 Å². The van der Waals surface area contributed by atoms with Crippen LogP contribution in [-0.4, -0.2) is 42.4 Å². The number of hydrogen-bond acceptors (Lipinski definition) is 9. The highest BCUT2D eigenvalue weighted by Gasteiger charge is 2.23. The average Bonchev–Trinajstić information content (AvgIpc) is 3.28. The Bertz CT molecular complexity index is 1130. The lowest BCUT2D eigenvalue weighted by molar-refractivity contribution is 0.561. The minimum absolute atomic E-state index is 0.154. The standard InChI is InChI=1S/C17H20N8OS2/c1-3-4-10-25-11-12(19-15(25)24-8-6-5-7-9-24)20-16(23(2)13(11)26)28-17-22-21-14(18)27-17/h5-10H2,1-2H3,(H2,18,21). The van der Waals surface area contributed by atoms with E-state index in [1.165, 1.54) is 34.1 Å². The SMILES string of the molecule is CC#CCn1c(N2CCCCC2)nc2nc(Sc3nnc(N)s3)n(C)c(=O)c21. The van der Waals surface area contributed by atoms with Crippen molar-refractivity contribution in [2.75, 3.05) is 23.7 Å². The Morgan fingerprint density at radius 3 is 2.68 bits per heavy atom. The molecule has 0 spiro atoms. The highest BCUT2D eigenvalue weighted by Crippen LogP contribution is 2.30. The summed E-state index contributed by atoms with van der Waals surface area (Å²) >= 11 is 2.51. The summed E-state index contributed by atoms with van der Waals surface area (Å²) in [6, 6.07) is 0. The number of nitrogens with two attached hydrogens (primary N) is 1. The van der Waals surface area contributed by atoms with Crippen molar-refractivity contribution in [1.82, 2.24) is 29.3 Å². The van der Waals surface area contributed by atoms with E-state index in [0.717, 1.165) is 31.9 Å². The molecule has 1 saturated heterocycles. The van der Waals surface area contributed by atoms with E-state index >= 15 is 0 Å². The first-order valence-electron chi connectivity index (χ1n) is 8.97. The van der Waals surface area contributed by atoms with Gasteiger partial charge in [0, 0.05) is 20.1 Å². The fraction of sp³-hybridized carbons (Fsp3) is 0.471. The fourth-order valence-corrected chi connectivity index (χ4v) is 4.78. The smallest absolute Gasteiger partial charge is 0.280 e. The quantitative estimate of drug-likeness (QED) is 0.506. The minimum Gasteiger partial charge on any atom is -0.374 e. The van der Waals surface area contributed by atoms with Crippen LogP contribution in [0.3, 0.4) is 0 Å². The van der Waals surface area contributed by atoms with Crippen LogP contribution >= 0.6 is 23.1 Å². The third-order valence-electron chi connectivity index (χ3n) is 4.58. The van der Waals surface area contributed by atoms with Crippen LogP contribution < -0.4 is 16.2 Å². The van der Waals surface area contributed by atoms with Gasteiger partial charge in [-0.25, -0.2) is 4.98 Å². The van der Waals surface area contributed by atoms with E-state index in [0.29, 0.717) is 32.3 Å². The van der Waals surface area contributed by atoms with Crippen LogP contribution in [0.5, 0.6) is 0 Å². The molecule has 0 aliphatic carbocycles. The average molecular weight is 417 g/mol. The van der Waals surface area contributed by atoms with Gasteiger partial charge in [0.1, 0.15) is 0 Å². The van der Waals surface area contributed by atoms with Gasteiger partial charge in [0.25, 0.3) is 5.56 Å². The lowest BCUT2D eigenvalue weighted by atomic mass is 10.1. The van der Waals surface area contributed by atoms with Gasteiger partial charge < -0.3 is 10.6 Å². The third kappa shape index (κ3) is 3.45. The number of imidazole rings is 1. The molecule has 4 heterocycles. The monoisotopic (exact) mass is 416 g/mol. The van der Waals surface area contributed by atoms with E-state index in [1.54, 1.807) is 14.0 Å². The lowest BCUT2D eigenvalue weighted by Crippen LogP contribution is -2.32. The summed E-state index contributed by atoms with van der Waals surface area (Å²) in [6.07, 6.45) is 3.46. The van der Waals surface area contributed by atoms with E-state index in [2.05, 4.69) is 31.9 Å². The van der Waals surface area contributed by atoms with Gasteiger partial charge in [-0.1, -0.05) is 17.3 Å². The highest BCUT2D eigenvalue weighted by molar-refractivity contribution is 8.00. The maximum absolute atomic E-state index is 13.1. The van der Waals surface area contributed by atoms with Crippen LogP contribution in [0.4, 0.5) is 11.1 Å². The van der Waals surface area contributed by atoms with Crippen LogP contribution in [-0.2, 0) is 13.6 Å². The van der Waals surface area contributed by atoms with Crippen LogP contribution in [0.25, 0.3) is 11.2 Å². The molecular weight excluding hydrogens is 396 g/mol. The topological polar surface area (TPSA) is 108 Å². The molecule has 0 saturated carbocycles. The Balaban J connectivity index is 1.84. The van der Waals surface area contributed by atoms with Gasteiger partial charge in [0.2, 0.25) is 11.1 Å². The first kappa shape index (κ1) is 18.8. The number of hydrogen-bond donors (Lipinski definition) is 1. The van der Waals surface area contributed by atoms with Crippen molar-refractivity contribution in [2.45, 2.75) is 42.2 Å². The molecule has 0 bridgehead atoms. The molecule has 0 atom stereocenters. The molecule has 9 nitrogen and oxygen atoms in total. The number of piperidine rings is 1. The molecule has 0 amide bonds. The summed E-state index contributed by atoms with van der Waals surface area (Å²) in [7, 11) is 1.70. The summed E-state index contributed by atoms with van der Waals surface area (Å²) in [5.41, 5.74) is 6.41. The van der Waals surface area contributed by atoms with Gasteiger partial charge in [-0.3, -0.25) is 13.9 Å². The van der Waals surface area contributed by atoms with Gasteiger partial charge in [-0.05, 0) is 37.9 Å². The first-order valence-corrected chi connectivity index (χ1v) is 10.6. The van der Waals surface area contributed by atoms with Crippen LogP contribution in [0.1, 0.15) is 26.2 Å². The van der Waals surface area contributed by atoms with Gasteiger partial charge >= 0.3 is 0 Å². The molecule has 1 aliphatic heterocycles. The molecule has 3 aromatic rings. The van der Waals surface area contributed by atoms with Crippen molar-refractivity contribution in [3.63, 3.8) is 0 Å². The normalized spacial score (nSPS) is 14.3. The molecule has 0 aromatic carbocycles. The highest BCUT2D eigenvalue weighted by atomic mass is 32.2. The molecule has 0 unspecified atom stereocenters. The largest absolute Gasteiger partial charge is 0.374 e. The van der Waals surface area contributed by atoms with Gasteiger partial charge in [0.05, 0.1) is 6.54 Å². The zero-order chi connectivity index (χ0) is 19.7.